The highest BCUT2D eigenvalue weighted by Gasteiger charge is 1.91. The van der Waals surface area contributed by atoms with Gasteiger partial charge in [-0.3, -0.25) is 4.79 Å². The van der Waals surface area contributed by atoms with E-state index in [1.165, 1.54) is 11.8 Å². The van der Waals surface area contributed by atoms with Gasteiger partial charge in [0.25, 0.3) is 0 Å². The van der Waals surface area contributed by atoms with Crippen LogP contribution in [0.25, 0.3) is 0 Å². The number of carbonyl (C=O) groups is 1. The third-order valence-electron chi connectivity index (χ3n) is 1.78. The Hall–Kier alpha value is -1.71. The van der Waals surface area contributed by atoms with Gasteiger partial charge in [-0.25, -0.2) is 0 Å². The van der Waals surface area contributed by atoms with Gasteiger partial charge in [-0.1, -0.05) is 23.6 Å². The normalized spacial score (nSPS) is 8.75. The molecule has 0 aliphatic heterocycles. The molecule has 0 aliphatic rings. The molecule has 2 nitrogen and oxygen atoms in total. The predicted octanol–water partition coefficient (Wildman–Crippen LogP) is 2.58. The van der Waals surface area contributed by atoms with Crippen molar-refractivity contribution in [1.82, 2.24) is 0 Å². The van der Waals surface area contributed by atoms with Crippen LogP contribution in [0.1, 0.15) is 24.5 Å². The molecule has 80 valence electrons. The summed E-state index contributed by atoms with van der Waals surface area (Å²) >= 11 is 1.29. The van der Waals surface area contributed by atoms with Crippen molar-refractivity contribution >= 4 is 16.9 Å². The fourth-order valence-electron chi connectivity index (χ4n) is 1.04. The summed E-state index contributed by atoms with van der Waals surface area (Å²) in [6, 6.07) is 9.19. The first-order chi connectivity index (χ1) is 7.72. The van der Waals surface area contributed by atoms with Crippen LogP contribution in [0, 0.1) is 23.2 Å². The fourth-order valence-corrected chi connectivity index (χ4v) is 1.53. The molecule has 1 aromatic carbocycles. The van der Waals surface area contributed by atoms with E-state index in [0.29, 0.717) is 12.0 Å². The van der Waals surface area contributed by atoms with Crippen LogP contribution in [0.15, 0.2) is 24.3 Å². The molecule has 0 amide bonds. The summed E-state index contributed by atoms with van der Waals surface area (Å²) in [5.74, 6) is 6.71. The van der Waals surface area contributed by atoms with Gasteiger partial charge in [0.2, 0.25) is 0 Å². The Bertz CT molecular complexity index is 459. The summed E-state index contributed by atoms with van der Waals surface area (Å²) in [5.41, 5.74) is 1.53. The number of thioether (sulfide) groups is 1. The van der Waals surface area contributed by atoms with E-state index in [2.05, 4.69) is 17.9 Å². The highest BCUT2D eigenvalue weighted by atomic mass is 32.2. The number of hydrogen-bond donors (Lipinski definition) is 0. The SMILES string of the molecule is CC(=O)SCCC#Cc1ccc(C#N)cc1. The van der Waals surface area contributed by atoms with Gasteiger partial charge in [0.15, 0.2) is 5.12 Å². The molecule has 3 heteroatoms. The molecule has 0 N–H and O–H groups in total. The van der Waals surface area contributed by atoms with Crippen LogP contribution >= 0.6 is 11.8 Å². The van der Waals surface area contributed by atoms with Crippen LogP contribution in [-0.4, -0.2) is 10.9 Å². The van der Waals surface area contributed by atoms with Gasteiger partial charge in [-0.15, -0.1) is 0 Å². The van der Waals surface area contributed by atoms with Gasteiger partial charge in [0, 0.05) is 24.7 Å². The molecule has 0 saturated heterocycles. The quantitative estimate of drug-likeness (QED) is 0.578. The van der Waals surface area contributed by atoms with Crippen LogP contribution in [0.5, 0.6) is 0 Å². The Morgan fingerprint density at radius 3 is 2.50 bits per heavy atom. The van der Waals surface area contributed by atoms with E-state index in [4.69, 9.17) is 5.26 Å². The molecule has 0 aromatic heterocycles. The molecule has 0 saturated carbocycles. The zero-order chi connectivity index (χ0) is 11.8. The fraction of sp³-hybridized carbons (Fsp3) is 0.231. The Morgan fingerprint density at radius 1 is 1.31 bits per heavy atom. The molecule has 0 unspecified atom stereocenters. The van der Waals surface area contributed by atoms with E-state index in [1.807, 2.05) is 12.1 Å². The molecular weight excluding hydrogens is 218 g/mol. The number of hydrogen-bond acceptors (Lipinski definition) is 3. The zero-order valence-corrected chi connectivity index (χ0v) is 9.80. The summed E-state index contributed by atoms with van der Waals surface area (Å²) in [4.78, 5) is 10.6. The first-order valence-electron chi connectivity index (χ1n) is 4.85. The van der Waals surface area contributed by atoms with Crippen LogP contribution in [0.4, 0.5) is 0 Å². The first-order valence-corrected chi connectivity index (χ1v) is 5.83. The zero-order valence-electron chi connectivity index (χ0n) is 8.99. The molecule has 0 heterocycles. The monoisotopic (exact) mass is 229 g/mol. The van der Waals surface area contributed by atoms with E-state index < -0.39 is 0 Å². The van der Waals surface area contributed by atoms with Crippen LogP contribution in [0.2, 0.25) is 0 Å². The summed E-state index contributed by atoms with van der Waals surface area (Å²) in [6.07, 6.45) is 0.699. The van der Waals surface area contributed by atoms with Gasteiger partial charge in [-0.2, -0.15) is 5.26 Å². The van der Waals surface area contributed by atoms with Crippen LogP contribution in [-0.2, 0) is 4.79 Å². The Balaban J connectivity index is 2.44. The third-order valence-corrected chi connectivity index (χ3v) is 2.59. The molecule has 1 rings (SSSR count). The first kappa shape index (κ1) is 12.4. The predicted molar refractivity (Wildman–Crippen MR) is 65.8 cm³/mol. The summed E-state index contributed by atoms with van der Waals surface area (Å²) < 4.78 is 0. The molecule has 0 bridgehead atoms. The van der Waals surface area contributed by atoms with Gasteiger partial charge < -0.3 is 0 Å². The lowest BCUT2D eigenvalue weighted by atomic mass is 10.1. The Morgan fingerprint density at radius 2 is 1.94 bits per heavy atom. The number of nitriles is 1. The summed E-state index contributed by atoms with van der Waals surface area (Å²) in [5, 5.41) is 8.73. The maximum absolute atomic E-state index is 10.6. The van der Waals surface area contributed by atoms with E-state index in [-0.39, 0.29) is 5.12 Å². The number of carbonyl (C=O) groups excluding carboxylic acids is 1. The lowest BCUT2D eigenvalue weighted by Gasteiger charge is -1.91. The van der Waals surface area contributed by atoms with E-state index >= 15 is 0 Å². The Labute approximate surface area is 99.7 Å². The second kappa shape index (κ2) is 6.71. The number of rotatable bonds is 2. The summed E-state index contributed by atoms with van der Waals surface area (Å²) in [6.45, 7) is 1.55. The van der Waals surface area contributed by atoms with Crippen molar-refractivity contribution in [2.75, 3.05) is 5.75 Å². The molecule has 0 fully saturated rings. The lowest BCUT2D eigenvalue weighted by Crippen LogP contribution is -1.84. The van der Waals surface area contributed by atoms with E-state index in [0.717, 1.165) is 11.3 Å². The second-order valence-corrected chi connectivity index (χ2v) is 4.35. The molecule has 0 radical (unpaired) electrons. The van der Waals surface area contributed by atoms with Crippen LogP contribution in [0.3, 0.4) is 0 Å². The van der Waals surface area contributed by atoms with Crippen molar-refractivity contribution in [1.29, 1.82) is 5.26 Å². The molecule has 0 atom stereocenters. The lowest BCUT2D eigenvalue weighted by molar-refractivity contribution is -0.109. The molecular formula is C13H11NOS. The smallest absolute Gasteiger partial charge is 0.185 e. The van der Waals surface area contributed by atoms with Gasteiger partial charge >= 0.3 is 0 Å². The molecule has 16 heavy (non-hydrogen) atoms. The van der Waals surface area contributed by atoms with Crippen LogP contribution < -0.4 is 0 Å². The van der Waals surface area contributed by atoms with E-state index in [9.17, 15) is 4.79 Å². The third kappa shape index (κ3) is 4.68. The number of benzene rings is 1. The average molecular weight is 229 g/mol. The highest BCUT2D eigenvalue weighted by molar-refractivity contribution is 8.13. The minimum Gasteiger partial charge on any atom is -0.288 e. The maximum Gasteiger partial charge on any atom is 0.185 e. The van der Waals surface area contributed by atoms with Crippen molar-refractivity contribution in [3.05, 3.63) is 35.4 Å². The molecule has 0 aliphatic carbocycles. The average Bonchev–Trinajstić information content (AvgIpc) is 2.29. The maximum atomic E-state index is 10.6. The van der Waals surface area contributed by atoms with Crippen molar-refractivity contribution < 1.29 is 4.79 Å². The van der Waals surface area contributed by atoms with Crippen molar-refractivity contribution in [3.8, 4) is 17.9 Å². The van der Waals surface area contributed by atoms with Crippen molar-refractivity contribution in [2.24, 2.45) is 0 Å². The molecule has 0 spiro atoms. The summed E-state index contributed by atoms with van der Waals surface area (Å²) in [7, 11) is 0. The van der Waals surface area contributed by atoms with Crippen molar-refractivity contribution in [3.63, 3.8) is 0 Å². The Kier molecular flexibility index (Phi) is 5.19. The van der Waals surface area contributed by atoms with Gasteiger partial charge in [0.05, 0.1) is 11.6 Å². The van der Waals surface area contributed by atoms with Gasteiger partial charge in [-0.05, 0) is 24.3 Å². The topological polar surface area (TPSA) is 40.9 Å². The second-order valence-electron chi connectivity index (χ2n) is 3.08. The minimum absolute atomic E-state index is 0.125. The van der Waals surface area contributed by atoms with E-state index in [1.54, 1.807) is 19.1 Å². The minimum atomic E-state index is 0.125. The highest BCUT2D eigenvalue weighted by Crippen LogP contribution is 2.03. The largest absolute Gasteiger partial charge is 0.288 e. The van der Waals surface area contributed by atoms with Crippen molar-refractivity contribution in [2.45, 2.75) is 13.3 Å². The number of nitrogens with zero attached hydrogens (tertiary/aromatic N) is 1. The molecule has 1 aromatic rings. The standard InChI is InChI=1S/C13H11NOS/c1-11(15)16-9-3-2-4-12-5-7-13(10-14)8-6-12/h5-8H,3,9H2,1H3. The van der Waals surface area contributed by atoms with Gasteiger partial charge in [0.1, 0.15) is 0 Å².